The Hall–Kier alpha value is -1.92. The van der Waals surface area contributed by atoms with Gasteiger partial charge in [-0.3, -0.25) is 4.68 Å². The first-order chi connectivity index (χ1) is 11.7. The summed E-state index contributed by atoms with van der Waals surface area (Å²) in [4.78, 5) is 2.41. The van der Waals surface area contributed by atoms with Gasteiger partial charge in [-0.05, 0) is 43.8 Å². The lowest BCUT2D eigenvalue weighted by Crippen LogP contribution is -2.32. The number of thiocarbonyl (C=S) groups is 1. The number of hydrogen-bond acceptors (Lipinski definition) is 3. The van der Waals surface area contributed by atoms with E-state index in [1.54, 1.807) is 0 Å². The second-order valence-electron chi connectivity index (χ2n) is 5.65. The van der Waals surface area contributed by atoms with E-state index in [1.165, 1.54) is 5.56 Å². The Morgan fingerprint density at radius 3 is 2.62 bits per heavy atom. The first-order valence-corrected chi connectivity index (χ1v) is 8.96. The molecule has 0 bridgehead atoms. The summed E-state index contributed by atoms with van der Waals surface area (Å²) >= 11 is 5.33. The van der Waals surface area contributed by atoms with Crippen molar-refractivity contribution < 1.29 is 0 Å². The van der Waals surface area contributed by atoms with E-state index in [2.05, 4.69) is 46.6 Å². The van der Waals surface area contributed by atoms with Gasteiger partial charge in [0.25, 0.3) is 0 Å². The largest absolute Gasteiger partial charge is 0.362 e. The molecular formula is C18H27N5S. The molecule has 0 spiro atoms. The molecule has 0 atom stereocenters. The average Bonchev–Trinajstić information content (AvgIpc) is 3.02. The molecule has 2 aromatic rings. The van der Waals surface area contributed by atoms with Gasteiger partial charge in [-0.15, -0.1) is 0 Å². The summed E-state index contributed by atoms with van der Waals surface area (Å²) in [5, 5.41) is 11.5. The Morgan fingerprint density at radius 1 is 1.17 bits per heavy atom. The van der Waals surface area contributed by atoms with Crippen LogP contribution in [0.5, 0.6) is 0 Å². The van der Waals surface area contributed by atoms with E-state index in [1.807, 2.05) is 35.1 Å². The van der Waals surface area contributed by atoms with Crippen LogP contribution in [0.2, 0.25) is 0 Å². The molecule has 0 aliphatic carbocycles. The third-order valence-electron chi connectivity index (χ3n) is 3.90. The molecule has 0 saturated heterocycles. The predicted octanol–water partition coefficient (Wildman–Crippen LogP) is 2.95. The average molecular weight is 346 g/mol. The lowest BCUT2D eigenvalue weighted by atomic mass is 10.2. The van der Waals surface area contributed by atoms with Gasteiger partial charge in [0, 0.05) is 18.8 Å². The quantitative estimate of drug-likeness (QED) is 0.540. The standard InChI is InChI=1S/C18H27N5S/c1-3-22(4-2)13-8-12-19-18(24)20-17-11-14-23(21-17)15-16-9-6-5-7-10-16/h5-7,9-11,14H,3-4,8,12-13,15H2,1-2H3,(H2,19,20,21,24). The molecule has 1 heterocycles. The molecule has 5 nitrogen and oxygen atoms in total. The second-order valence-corrected chi connectivity index (χ2v) is 6.05. The molecule has 0 amide bonds. The highest BCUT2D eigenvalue weighted by atomic mass is 32.1. The van der Waals surface area contributed by atoms with E-state index in [4.69, 9.17) is 12.2 Å². The van der Waals surface area contributed by atoms with Crippen molar-refractivity contribution >= 4 is 23.1 Å². The van der Waals surface area contributed by atoms with Crippen molar-refractivity contribution in [2.24, 2.45) is 0 Å². The van der Waals surface area contributed by atoms with E-state index in [0.717, 1.165) is 45.0 Å². The van der Waals surface area contributed by atoms with E-state index in [9.17, 15) is 0 Å². The van der Waals surface area contributed by atoms with Gasteiger partial charge >= 0.3 is 0 Å². The summed E-state index contributed by atoms with van der Waals surface area (Å²) in [6, 6.07) is 12.2. The molecule has 2 rings (SSSR count). The highest BCUT2D eigenvalue weighted by molar-refractivity contribution is 7.80. The van der Waals surface area contributed by atoms with Crippen LogP contribution < -0.4 is 10.6 Å². The molecule has 0 aliphatic heterocycles. The normalized spacial score (nSPS) is 10.8. The highest BCUT2D eigenvalue weighted by Crippen LogP contribution is 2.06. The molecule has 0 aliphatic rings. The Kier molecular flexibility index (Phi) is 7.71. The maximum atomic E-state index is 5.33. The number of aromatic nitrogens is 2. The zero-order valence-corrected chi connectivity index (χ0v) is 15.4. The van der Waals surface area contributed by atoms with Crippen molar-refractivity contribution in [2.75, 3.05) is 31.5 Å². The fourth-order valence-corrected chi connectivity index (χ4v) is 2.70. The summed E-state index contributed by atoms with van der Waals surface area (Å²) in [5.74, 6) is 0.771. The van der Waals surface area contributed by atoms with E-state index >= 15 is 0 Å². The lowest BCUT2D eigenvalue weighted by Gasteiger charge is -2.18. The molecule has 0 radical (unpaired) electrons. The maximum absolute atomic E-state index is 5.33. The van der Waals surface area contributed by atoms with E-state index < -0.39 is 0 Å². The number of rotatable bonds is 9. The number of benzene rings is 1. The Balaban J connectivity index is 1.71. The fraction of sp³-hybridized carbons (Fsp3) is 0.444. The van der Waals surface area contributed by atoms with Gasteiger partial charge in [-0.2, -0.15) is 5.10 Å². The maximum Gasteiger partial charge on any atom is 0.171 e. The van der Waals surface area contributed by atoms with Crippen LogP contribution in [-0.2, 0) is 6.54 Å². The third kappa shape index (κ3) is 6.29. The van der Waals surface area contributed by atoms with Crippen LogP contribution in [-0.4, -0.2) is 46.0 Å². The third-order valence-corrected chi connectivity index (χ3v) is 4.15. The number of nitrogens with one attached hydrogen (secondary N) is 2. The van der Waals surface area contributed by atoms with Crippen LogP contribution in [0, 0.1) is 0 Å². The molecule has 0 fully saturated rings. The summed E-state index contributed by atoms with van der Waals surface area (Å²) in [5.41, 5.74) is 1.23. The summed E-state index contributed by atoms with van der Waals surface area (Å²) in [6.45, 7) is 9.29. The number of anilines is 1. The molecule has 2 N–H and O–H groups in total. The summed E-state index contributed by atoms with van der Waals surface area (Å²) in [7, 11) is 0. The van der Waals surface area contributed by atoms with Gasteiger partial charge in [-0.25, -0.2) is 0 Å². The van der Waals surface area contributed by atoms with E-state index in [0.29, 0.717) is 5.11 Å². The zero-order chi connectivity index (χ0) is 17.2. The molecule has 0 saturated carbocycles. The van der Waals surface area contributed by atoms with E-state index in [-0.39, 0.29) is 0 Å². The lowest BCUT2D eigenvalue weighted by molar-refractivity contribution is 0.300. The topological polar surface area (TPSA) is 45.1 Å². The second kappa shape index (κ2) is 10.1. The summed E-state index contributed by atoms with van der Waals surface area (Å²) in [6.07, 6.45) is 3.03. The Labute approximate surface area is 150 Å². The Morgan fingerprint density at radius 2 is 1.92 bits per heavy atom. The molecule has 1 aromatic carbocycles. The van der Waals surface area contributed by atoms with Gasteiger partial charge in [0.15, 0.2) is 10.9 Å². The van der Waals surface area contributed by atoms with Gasteiger partial charge in [0.1, 0.15) is 0 Å². The van der Waals surface area contributed by atoms with Crippen LogP contribution >= 0.6 is 12.2 Å². The molecule has 130 valence electrons. The van der Waals surface area contributed by atoms with Crippen molar-refractivity contribution in [3.8, 4) is 0 Å². The fourth-order valence-electron chi connectivity index (χ4n) is 2.49. The van der Waals surface area contributed by atoms with Crippen LogP contribution in [0.4, 0.5) is 5.82 Å². The first-order valence-electron chi connectivity index (χ1n) is 8.55. The minimum Gasteiger partial charge on any atom is -0.362 e. The minimum atomic E-state index is 0.625. The molecule has 0 unspecified atom stereocenters. The van der Waals surface area contributed by atoms with Crippen LogP contribution in [0.1, 0.15) is 25.8 Å². The predicted molar refractivity (Wildman–Crippen MR) is 104 cm³/mol. The summed E-state index contributed by atoms with van der Waals surface area (Å²) < 4.78 is 1.90. The van der Waals surface area contributed by atoms with Gasteiger partial charge in [-0.1, -0.05) is 44.2 Å². The van der Waals surface area contributed by atoms with Crippen LogP contribution in [0.25, 0.3) is 0 Å². The van der Waals surface area contributed by atoms with Crippen molar-refractivity contribution in [1.29, 1.82) is 0 Å². The van der Waals surface area contributed by atoms with Crippen molar-refractivity contribution in [3.05, 3.63) is 48.2 Å². The van der Waals surface area contributed by atoms with Gasteiger partial charge < -0.3 is 15.5 Å². The molecule has 24 heavy (non-hydrogen) atoms. The van der Waals surface area contributed by atoms with Crippen LogP contribution in [0.3, 0.4) is 0 Å². The smallest absolute Gasteiger partial charge is 0.171 e. The zero-order valence-electron chi connectivity index (χ0n) is 14.5. The number of nitrogens with zero attached hydrogens (tertiary/aromatic N) is 3. The monoisotopic (exact) mass is 345 g/mol. The number of hydrogen-bond donors (Lipinski definition) is 2. The van der Waals surface area contributed by atoms with Crippen molar-refractivity contribution in [3.63, 3.8) is 0 Å². The van der Waals surface area contributed by atoms with Crippen LogP contribution in [0.15, 0.2) is 42.6 Å². The molecule has 6 heteroatoms. The minimum absolute atomic E-state index is 0.625. The van der Waals surface area contributed by atoms with Gasteiger partial charge in [0.05, 0.1) is 6.54 Å². The first kappa shape index (κ1) is 18.4. The SMILES string of the molecule is CCN(CC)CCCNC(=S)Nc1ccn(Cc2ccccc2)n1. The van der Waals surface area contributed by atoms with Crippen molar-refractivity contribution in [2.45, 2.75) is 26.8 Å². The van der Waals surface area contributed by atoms with Crippen molar-refractivity contribution in [1.82, 2.24) is 20.0 Å². The van der Waals surface area contributed by atoms with Gasteiger partial charge in [0.2, 0.25) is 0 Å². The Bertz CT molecular complexity index is 607. The molecular weight excluding hydrogens is 318 g/mol. The highest BCUT2D eigenvalue weighted by Gasteiger charge is 2.03. The molecule has 1 aromatic heterocycles.